The van der Waals surface area contributed by atoms with Gasteiger partial charge in [0.2, 0.25) is 5.91 Å². The van der Waals surface area contributed by atoms with Gasteiger partial charge in [-0.3, -0.25) is 9.36 Å². The Hall–Kier alpha value is -2.80. The minimum Gasteiger partial charge on any atom is -0.469 e. The molecule has 0 spiro atoms. The van der Waals surface area contributed by atoms with E-state index in [0.717, 1.165) is 16.9 Å². The zero-order chi connectivity index (χ0) is 19.2. The van der Waals surface area contributed by atoms with Crippen molar-refractivity contribution in [3.8, 4) is 11.4 Å². The van der Waals surface area contributed by atoms with Crippen LogP contribution in [0.5, 0.6) is 0 Å². The van der Waals surface area contributed by atoms with Crippen molar-refractivity contribution in [1.82, 2.24) is 19.7 Å². The molecule has 140 valence electrons. The summed E-state index contributed by atoms with van der Waals surface area (Å²) in [6.45, 7) is 6.83. The van der Waals surface area contributed by atoms with Crippen LogP contribution in [0, 0.1) is 6.92 Å². The summed E-state index contributed by atoms with van der Waals surface area (Å²) in [4.78, 5) is 14.2. The van der Waals surface area contributed by atoms with Gasteiger partial charge < -0.3 is 9.32 Å². The third-order valence-electron chi connectivity index (χ3n) is 4.14. The summed E-state index contributed by atoms with van der Waals surface area (Å²) in [5.41, 5.74) is 2.00. The average molecular weight is 382 g/mol. The van der Waals surface area contributed by atoms with Crippen molar-refractivity contribution in [3.63, 3.8) is 0 Å². The van der Waals surface area contributed by atoms with Crippen molar-refractivity contribution in [2.24, 2.45) is 0 Å². The maximum absolute atomic E-state index is 12.5. The van der Waals surface area contributed by atoms with E-state index in [9.17, 15) is 4.79 Å². The third-order valence-corrected chi connectivity index (χ3v) is 5.09. The number of carbonyl (C=O) groups excluding carboxylic acids is 1. The van der Waals surface area contributed by atoms with E-state index >= 15 is 0 Å². The van der Waals surface area contributed by atoms with Crippen LogP contribution in [-0.2, 0) is 17.9 Å². The molecule has 0 atom stereocenters. The van der Waals surface area contributed by atoms with E-state index in [2.05, 4.69) is 16.8 Å². The number of allylic oxidation sites excluding steroid dienone is 1. The van der Waals surface area contributed by atoms with E-state index in [-0.39, 0.29) is 5.91 Å². The number of benzene rings is 1. The van der Waals surface area contributed by atoms with Crippen LogP contribution in [-0.4, -0.2) is 38.4 Å². The first-order valence-electron chi connectivity index (χ1n) is 8.59. The Morgan fingerprint density at radius 2 is 2.07 bits per heavy atom. The summed E-state index contributed by atoms with van der Waals surface area (Å²) in [5.74, 6) is 1.83. The van der Waals surface area contributed by atoms with Crippen LogP contribution >= 0.6 is 11.8 Å². The molecule has 0 N–H and O–H groups in total. The lowest BCUT2D eigenvalue weighted by molar-refractivity contribution is -0.127. The molecule has 27 heavy (non-hydrogen) atoms. The van der Waals surface area contributed by atoms with E-state index in [1.165, 1.54) is 11.8 Å². The van der Waals surface area contributed by atoms with E-state index in [1.807, 2.05) is 54.9 Å². The van der Waals surface area contributed by atoms with Gasteiger partial charge in [-0.2, -0.15) is 0 Å². The monoisotopic (exact) mass is 382 g/mol. The van der Waals surface area contributed by atoms with E-state index in [1.54, 1.807) is 17.2 Å². The quantitative estimate of drug-likeness (QED) is 0.438. The van der Waals surface area contributed by atoms with Crippen LogP contribution in [0.25, 0.3) is 11.4 Å². The van der Waals surface area contributed by atoms with Crippen molar-refractivity contribution in [1.29, 1.82) is 0 Å². The molecule has 0 aliphatic rings. The lowest BCUT2D eigenvalue weighted by Crippen LogP contribution is -2.27. The first kappa shape index (κ1) is 19.0. The molecule has 0 aliphatic carbocycles. The molecule has 7 heteroatoms. The topological polar surface area (TPSA) is 64.2 Å². The van der Waals surface area contributed by atoms with Crippen molar-refractivity contribution in [2.75, 3.05) is 12.8 Å². The van der Waals surface area contributed by atoms with Crippen LogP contribution in [0.1, 0.15) is 11.3 Å². The van der Waals surface area contributed by atoms with Gasteiger partial charge >= 0.3 is 0 Å². The van der Waals surface area contributed by atoms with Gasteiger partial charge in [-0.15, -0.1) is 16.8 Å². The van der Waals surface area contributed by atoms with Crippen LogP contribution < -0.4 is 0 Å². The minimum atomic E-state index is 0.0399. The summed E-state index contributed by atoms with van der Waals surface area (Å²) in [6, 6.07) is 11.8. The number of aromatic nitrogens is 3. The molecule has 3 aromatic rings. The molecule has 0 aliphatic heterocycles. The molecule has 0 unspecified atom stereocenters. The Morgan fingerprint density at radius 1 is 1.30 bits per heavy atom. The standard InChI is InChI=1S/C20H22N4O2S/c1-4-11-24-19(17-10-12-26-15(17)2)21-22-20(24)27-14-18(25)23(3)13-16-8-6-5-7-9-16/h4-10,12H,1,11,13-14H2,2-3H3. The fraction of sp³-hybridized carbons (Fsp3) is 0.250. The Kier molecular flexibility index (Phi) is 6.13. The zero-order valence-corrected chi connectivity index (χ0v) is 16.3. The molecule has 6 nitrogen and oxygen atoms in total. The van der Waals surface area contributed by atoms with Crippen LogP contribution in [0.3, 0.4) is 0 Å². The Morgan fingerprint density at radius 3 is 2.74 bits per heavy atom. The van der Waals surface area contributed by atoms with Crippen molar-refractivity contribution in [3.05, 3.63) is 66.6 Å². The second-order valence-electron chi connectivity index (χ2n) is 6.12. The number of thioether (sulfide) groups is 1. The normalized spacial score (nSPS) is 10.7. The van der Waals surface area contributed by atoms with E-state index in [0.29, 0.717) is 29.8 Å². The van der Waals surface area contributed by atoms with Crippen LogP contribution in [0.4, 0.5) is 0 Å². The van der Waals surface area contributed by atoms with Crippen molar-refractivity contribution >= 4 is 17.7 Å². The fourth-order valence-corrected chi connectivity index (χ4v) is 3.58. The van der Waals surface area contributed by atoms with Gasteiger partial charge in [-0.1, -0.05) is 48.2 Å². The average Bonchev–Trinajstić information content (AvgIpc) is 3.26. The maximum atomic E-state index is 12.5. The van der Waals surface area contributed by atoms with Crippen molar-refractivity contribution in [2.45, 2.75) is 25.2 Å². The highest BCUT2D eigenvalue weighted by Gasteiger charge is 2.18. The molecule has 0 fully saturated rings. The highest BCUT2D eigenvalue weighted by Crippen LogP contribution is 2.27. The number of aryl methyl sites for hydroxylation is 1. The number of furan rings is 1. The molecule has 0 saturated heterocycles. The lowest BCUT2D eigenvalue weighted by Gasteiger charge is -2.17. The molecule has 0 radical (unpaired) electrons. The third kappa shape index (κ3) is 4.49. The maximum Gasteiger partial charge on any atom is 0.233 e. The van der Waals surface area contributed by atoms with Crippen LogP contribution in [0.2, 0.25) is 0 Å². The van der Waals surface area contributed by atoms with E-state index < -0.39 is 0 Å². The van der Waals surface area contributed by atoms with E-state index in [4.69, 9.17) is 4.42 Å². The molecule has 0 saturated carbocycles. The van der Waals surface area contributed by atoms with Crippen molar-refractivity contribution < 1.29 is 9.21 Å². The van der Waals surface area contributed by atoms with Gasteiger partial charge in [0.15, 0.2) is 11.0 Å². The summed E-state index contributed by atoms with van der Waals surface area (Å²) >= 11 is 1.38. The van der Waals surface area contributed by atoms with Gasteiger partial charge in [-0.25, -0.2) is 0 Å². The van der Waals surface area contributed by atoms with Gasteiger partial charge in [0.05, 0.1) is 17.6 Å². The van der Waals surface area contributed by atoms with Crippen LogP contribution in [0.15, 0.2) is 64.9 Å². The molecule has 0 bridgehead atoms. The predicted molar refractivity (Wildman–Crippen MR) is 106 cm³/mol. The molecule has 1 aromatic carbocycles. The second kappa shape index (κ2) is 8.73. The number of hydrogen-bond acceptors (Lipinski definition) is 5. The predicted octanol–water partition coefficient (Wildman–Crippen LogP) is 3.78. The number of rotatable bonds is 8. The first-order chi connectivity index (χ1) is 13.1. The smallest absolute Gasteiger partial charge is 0.233 e. The second-order valence-corrected chi connectivity index (χ2v) is 7.06. The van der Waals surface area contributed by atoms with Gasteiger partial charge in [0.1, 0.15) is 5.76 Å². The Labute approximate surface area is 162 Å². The van der Waals surface area contributed by atoms with Gasteiger partial charge in [0.25, 0.3) is 0 Å². The first-order valence-corrected chi connectivity index (χ1v) is 9.58. The summed E-state index contributed by atoms with van der Waals surface area (Å²) in [7, 11) is 1.81. The molecule has 3 rings (SSSR count). The molecule has 1 amide bonds. The Bertz CT molecular complexity index is 917. The highest BCUT2D eigenvalue weighted by molar-refractivity contribution is 7.99. The highest BCUT2D eigenvalue weighted by atomic mass is 32.2. The number of hydrogen-bond donors (Lipinski definition) is 0. The Balaban J connectivity index is 1.68. The van der Waals surface area contributed by atoms with Gasteiger partial charge in [-0.05, 0) is 18.6 Å². The number of carbonyl (C=O) groups is 1. The number of nitrogens with zero attached hydrogens (tertiary/aromatic N) is 4. The fourth-order valence-electron chi connectivity index (χ4n) is 2.69. The largest absolute Gasteiger partial charge is 0.469 e. The summed E-state index contributed by atoms with van der Waals surface area (Å²) < 4.78 is 7.32. The molecule has 2 heterocycles. The summed E-state index contributed by atoms with van der Waals surface area (Å²) in [5, 5.41) is 9.24. The SMILES string of the molecule is C=CCn1c(SCC(=O)N(C)Cc2ccccc2)nnc1-c1ccoc1C. The summed E-state index contributed by atoms with van der Waals surface area (Å²) in [6.07, 6.45) is 3.42. The van der Waals surface area contributed by atoms with Gasteiger partial charge in [0, 0.05) is 20.1 Å². The zero-order valence-electron chi connectivity index (χ0n) is 15.5. The number of amides is 1. The molecule has 2 aromatic heterocycles. The molecular weight excluding hydrogens is 360 g/mol. The minimum absolute atomic E-state index is 0.0399. The lowest BCUT2D eigenvalue weighted by atomic mass is 10.2. The molecular formula is C20H22N4O2S.